The molecule has 3 rings (SSSR count). The molecule has 0 saturated carbocycles. The lowest BCUT2D eigenvalue weighted by Crippen LogP contribution is -2.05. The van der Waals surface area contributed by atoms with Crippen molar-refractivity contribution in [3.8, 4) is 16.9 Å². The van der Waals surface area contributed by atoms with Crippen LogP contribution in [0.15, 0.2) is 54.7 Å². The summed E-state index contributed by atoms with van der Waals surface area (Å²) >= 11 is 0. The smallest absolute Gasteiger partial charge is 0.356 e. The molecule has 0 aliphatic carbocycles. The molecule has 0 bridgehead atoms. The van der Waals surface area contributed by atoms with Crippen LogP contribution in [0.2, 0.25) is 0 Å². The van der Waals surface area contributed by atoms with Crippen LogP contribution in [0, 0.1) is 5.82 Å². The molecule has 6 heteroatoms. The van der Waals surface area contributed by atoms with Gasteiger partial charge in [0.25, 0.3) is 0 Å². The van der Waals surface area contributed by atoms with Gasteiger partial charge in [0.1, 0.15) is 17.3 Å². The van der Waals surface area contributed by atoms with Gasteiger partial charge in [-0.2, -0.15) is 0 Å². The molecule has 0 aliphatic heterocycles. The highest BCUT2D eigenvalue weighted by Crippen LogP contribution is 2.35. The topological polar surface area (TPSA) is 74.4 Å². The summed E-state index contributed by atoms with van der Waals surface area (Å²) in [6.07, 6.45) is 1.86. The van der Waals surface area contributed by atoms with Crippen LogP contribution >= 0.6 is 0 Å². The van der Waals surface area contributed by atoms with Crippen molar-refractivity contribution < 1.29 is 18.7 Å². The van der Waals surface area contributed by atoms with Crippen LogP contribution in [0.3, 0.4) is 0 Å². The van der Waals surface area contributed by atoms with E-state index < -0.39 is 5.97 Å². The summed E-state index contributed by atoms with van der Waals surface area (Å²) in [6.45, 7) is 0. The Hall–Kier alpha value is -3.41. The standard InChI is InChI=1S/C21H19FN2O3/c1-26-18-9-7-15(10-13-6-8-17(24-12-13)21(25)27-2)20(22)19(18)14-4-3-5-16(23)11-14/h3-9,11-12H,10,23H2,1-2H3. The first-order valence-electron chi connectivity index (χ1n) is 8.28. The van der Waals surface area contributed by atoms with Crippen molar-refractivity contribution in [2.45, 2.75) is 6.42 Å². The number of carbonyl (C=O) groups excluding carboxylic acids is 1. The van der Waals surface area contributed by atoms with Crippen molar-refractivity contribution in [2.75, 3.05) is 20.0 Å². The zero-order valence-electron chi connectivity index (χ0n) is 15.0. The molecule has 138 valence electrons. The molecule has 0 fully saturated rings. The quantitative estimate of drug-likeness (QED) is 0.548. The molecule has 27 heavy (non-hydrogen) atoms. The van der Waals surface area contributed by atoms with Crippen molar-refractivity contribution >= 4 is 11.7 Å². The number of halogens is 1. The molecule has 1 aromatic heterocycles. The van der Waals surface area contributed by atoms with Crippen LogP contribution < -0.4 is 10.5 Å². The van der Waals surface area contributed by atoms with E-state index in [1.54, 1.807) is 48.5 Å². The minimum Gasteiger partial charge on any atom is -0.496 e. The first-order chi connectivity index (χ1) is 13.0. The number of methoxy groups -OCH3 is 2. The molecule has 0 aliphatic rings. The summed E-state index contributed by atoms with van der Waals surface area (Å²) in [4.78, 5) is 15.5. The normalized spacial score (nSPS) is 10.5. The van der Waals surface area contributed by atoms with Gasteiger partial charge in [-0.3, -0.25) is 0 Å². The van der Waals surface area contributed by atoms with E-state index >= 15 is 4.39 Å². The van der Waals surface area contributed by atoms with Gasteiger partial charge in [-0.15, -0.1) is 0 Å². The molecular weight excluding hydrogens is 347 g/mol. The third-order valence-corrected chi connectivity index (χ3v) is 4.19. The number of nitrogen functional groups attached to an aromatic ring is 1. The predicted octanol–water partition coefficient (Wildman–Crippen LogP) is 3.86. The van der Waals surface area contributed by atoms with Gasteiger partial charge in [0, 0.05) is 18.3 Å². The van der Waals surface area contributed by atoms with Crippen molar-refractivity contribution in [1.29, 1.82) is 0 Å². The fourth-order valence-corrected chi connectivity index (χ4v) is 2.85. The molecule has 0 amide bonds. The fraction of sp³-hybridized carbons (Fsp3) is 0.143. The number of pyridine rings is 1. The number of carbonyl (C=O) groups is 1. The lowest BCUT2D eigenvalue weighted by Gasteiger charge is -2.14. The van der Waals surface area contributed by atoms with E-state index in [1.807, 2.05) is 0 Å². The van der Waals surface area contributed by atoms with E-state index in [0.29, 0.717) is 34.5 Å². The average molecular weight is 366 g/mol. The monoisotopic (exact) mass is 366 g/mol. The molecule has 0 radical (unpaired) electrons. The Morgan fingerprint density at radius 3 is 2.59 bits per heavy atom. The van der Waals surface area contributed by atoms with Crippen molar-refractivity contribution in [3.63, 3.8) is 0 Å². The highest BCUT2D eigenvalue weighted by molar-refractivity contribution is 5.87. The van der Waals surface area contributed by atoms with Crippen LogP contribution in [0.1, 0.15) is 21.6 Å². The largest absolute Gasteiger partial charge is 0.496 e. The van der Waals surface area contributed by atoms with Crippen molar-refractivity contribution in [1.82, 2.24) is 4.98 Å². The summed E-state index contributed by atoms with van der Waals surface area (Å²) in [5.41, 5.74) is 8.85. The van der Waals surface area contributed by atoms with E-state index in [0.717, 1.165) is 5.56 Å². The Morgan fingerprint density at radius 2 is 1.96 bits per heavy atom. The Labute approximate surface area is 156 Å². The van der Waals surface area contributed by atoms with Gasteiger partial charge < -0.3 is 15.2 Å². The molecular formula is C21H19FN2O3. The zero-order chi connectivity index (χ0) is 19.4. The molecule has 5 nitrogen and oxygen atoms in total. The minimum atomic E-state index is -0.513. The molecule has 0 saturated heterocycles. The lowest BCUT2D eigenvalue weighted by molar-refractivity contribution is 0.0594. The van der Waals surface area contributed by atoms with Crippen LogP contribution in [0.4, 0.5) is 10.1 Å². The van der Waals surface area contributed by atoms with E-state index in [2.05, 4.69) is 9.72 Å². The number of anilines is 1. The number of rotatable bonds is 5. The van der Waals surface area contributed by atoms with E-state index in [4.69, 9.17) is 10.5 Å². The first kappa shape index (κ1) is 18.4. The lowest BCUT2D eigenvalue weighted by atomic mass is 9.97. The highest BCUT2D eigenvalue weighted by Gasteiger charge is 2.17. The molecule has 1 heterocycles. The van der Waals surface area contributed by atoms with Crippen molar-refractivity contribution in [3.05, 3.63) is 77.4 Å². The predicted molar refractivity (Wildman–Crippen MR) is 101 cm³/mol. The SMILES string of the molecule is COC(=O)c1ccc(Cc2ccc(OC)c(-c3cccc(N)c3)c2F)cn1. The molecule has 0 atom stereocenters. The Morgan fingerprint density at radius 1 is 1.15 bits per heavy atom. The van der Waals surface area contributed by atoms with Crippen LogP contribution in [-0.2, 0) is 11.2 Å². The summed E-state index contributed by atoms with van der Waals surface area (Å²) in [6, 6.07) is 13.7. The minimum absolute atomic E-state index is 0.205. The Balaban J connectivity index is 1.97. The second-order valence-electron chi connectivity index (χ2n) is 5.96. The molecule has 2 N–H and O–H groups in total. The average Bonchev–Trinajstić information content (AvgIpc) is 2.69. The third kappa shape index (κ3) is 3.89. The van der Waals surface area contributed by atoms with Gasteiger partial charge in [-0.25, -0.2) is 14.2 Å². The number of aromatic nitrogens is 1. The third-order valence-electron chi connectivity index (χ3n) is 4.19. The first-order valence-corrected chi connectivity index (χ1v) is 8.28. The van der Waals surface area contributed by atoms with E-state index in [9.17, 15) is 4.79 Å². The summed E-state index contributed by atoms with van der Waals surface area (Å²) in [7, 11) is 2.79. The highest BCUT2D eigenvalue weighted by atomic mass is 19.1. The number of nitrogens with zero attached hydrogens (tertiary/aromatic N) is 1. The maximum absolute atomic E-state index is 15.3. The van der Waals surface area contributed by atoms with E-state index in [1.165, 1.54) is 20.4 Å². The second kappa shape index (κ2) is 7.86. The number of esters is 1. The number of benzene rings is 2. The van der Waals surface area contributed by atoms with Gasteiger partial charge >= 0.3 is 5.97 Å². The van der Waals surface area contributed by atoms with Crippen LogP contribution in [0.25, 0.3) is 11.1 Å². The number of nitrogens with two attached hydrogens (primary N) is 1. The second-order valence-corrected chi connectivity index (χ2v) is 5.96. The molecule has 3 aromatic rings. The maximum Gasteiger partial charge on any atom is 0.356 e. The molecule has 0 spiro atoms. The van der Waals surface area contributed by atoms with Gasteiger partial charge in [-0.1, -0.05) is 24.3 Å². The maximum atomic E-state index is 15.3. The van der Waals surface area contributed by atoms with Gasteiger partial charge in [0.2, 0.25) is 0 Å². The number of hydrogen-bond donors (Lipinski definition) is 1. The number of hydrogen-bond acceptors (Lipinski definition) is 5. The van der Waals surface area contributed by atoms with Gasteiger partial charge in [0.15, 0.2) is 0 Å². The fourth-order valence-electron chi connectivity index (χ4n) is 2.85. The molecule has 0 unspecified atom stereocenters. The summed E-state index contributed by atoms with van der Waals surface area (Å²) in [5, 5.41) is 0. The van der Waals surface area contributed by atoms with Crippen LogP contribution in [-0.4, -0.2) is 25.2 Å². The van der Waals surface area contributed by atoms with E-state index in [-0.39, 0.29) is 11.5 Å². The molecule has 2 aromatic carbocycles. The number of ether oxygens (including phenoxy) is 2. The Kier molecular flexibility index (Phi) is 5.35. The zero-order valence-corrected chi connectivity index (χ0v) is 15.0. The summed E-state index contributed by atoms with van der Waals surface area (Å²) < 4.78 is 25.2. The van der Waals surface area contributed by atoms with Gasteiger partial charge in [0.05, 0.1) is 19.8 Å². The summed E-state index contributed by atoms with van der Waals surface area (Å²) in [5.74, 6) is -0.459. The van der Waals surface area contributed by atoms with Gasteiger partial charge in [-0.05, 0) is 41.0 Å². The van der Waals surface area contributed by atoms with Crippen LogP contribution in [0.5, 0.6) is 5.75 Å². The Bertz CT molecular complexity index is 972. The van der Waals surface area contributed by atoms with Crippen molar-refractivity contribution in [2.24, 2.45) is 0 Å².